The van der Waals surface area contributed by atoms with Crippen LogP contribution in [-0.4, -0.2) is 11.7 Å². The lowest BCUT2D eigenvalue weighted by Crippen LogP contribution is -2.27. The topological polar surface area (TPSA) is 29.1 Å². The van der Waals surface area contributed by atoms with E-state index < -0.39 is 0 Å². The van der Waals surface area contributed by atoms with Crippen LogP contribution in [0, 0.1) is 20.8 Å². The highest BCUT2D eigenvalue weighted by atomic mass is 32.2. The quantitative estimate of drug-likeness (QED) is 0.709. The number of nitrogens with one attached hydrogen (secondary N) is 1. The van der Waals surface area contributed by atoms with Crippen molar-refractivity contribution in [2.24, 2.45) is 0 Å². The Bertz CT molecular complexity index is 682. The number of carbonyl (C=O) groups is 1. The van der Waals surface area contributed by atoms with Crippen LogP contribution in [0.2, 0.25) is 0 Å². The first kappa shape index (κ1) is 18.6. The third kappa shape index (κ3) is 5.41. The van der Waals surface area contributed by atoms with Crippen LogP contribution in [0.5, 0.6) is 0 Å². The summed E-state index contributed by atoms with van der Waals surface area (Å²) in [6, 6.07) is 14.8. The van der Waals surface area contributed by atoms with Crippen molar-refractivity contribution in [2.45, 2.75) is 45.9 Å². The first-order valence-electron chi connectivity index (χ1n) is 8.46. The minimum Gasteiger partial charge on any atom is -0.350 e. The molecule has 2 aromatic carbocycles. The SMILES string of the molecule is Cc1cc(C)c(C(C)NC(=O)CCSCc2ccccc2)cc1C. The van der Waals surface area contributed by atoms with Gasteiger partial charge >= 0.3 is 0 Å². The Hall–Kier alpha value is -1.74. The molecule has 1 atom stereocenters. The minimum absolute atomic E-state index is 0.0518. The Morgan fingerprint density at radius 3 is 2.42 bits per heavy atom. The normalized spacial score (nSPS) is 12.0. The molecule has 0 saturated carbocycles. The van der Waals surface area contributed by atoms with E-state index in [-0.39, 0.29) is 11.9 Å². The Balaban J connectivity index is 1.78. The van der Waals surface area contributed by atoms with E-state index in [0.29, 0.717) is 6.42 Å². The summed E-state index contributed by atoms with van der Waals surface area (Å²) in [7, 11) is 0. The van der Waals surface area contributed by atoms with Gasteiger partial charge in [-0.05, 0) is 55.5 Å². The lowest BCUT2D eigenvalue weighted by atomic mass is 9.96. The Labute approximate surface area is 150 Å². The van der Waals surface area contributed by atoms with Crippen LogP contribution < -0.4 is 5.32 Å². The van der Waals surface area contributed by atoms with Gasteiger partial charge in [-0.3, -0.25) is 4.79 Å². The van der Waals surface area contributed by atoms with Gasteiger partial charge in [0.05, 0.1) is 6.04 Å². The number of benzene rings is 2. The highest BCUT2D eigenvalue weighted by Gasteiger charge is 2.12. The van der Waals surface area contributed by atoms with Crippen molar-refractivity contribution in [1.82, 2.24) is 5.32 Å². The largest absolute Gasteiger partial charge is 0.350 e. The minimum atomic E-state index is 0.0518. The molecule has 2 nitrogen and oxygen atoms in total. The van der Waals surface area contributed by atoms with Crippen molar-refractivity contribution >= 4 is 17.7 Å². The Kier molecular flexibility index (Phi) is 6.92. The van der Waals surface area contributed by atoms with Gasteiger partial charge in [0.2, 0.25) is 5.91 Å². The molecule has 0 heterocycles. The molecule has 1 amide bonds. The zero-order chi connectivity index (χ0) is 17.5. The van der Waals surface area contributed by atoms with E-state index in [0.717, 1.165) is 11.5 Å². The van der Waals surface area contributed by atoms with Crippen LogP contribution in [0.1, 0.15) is 47.2 Å². The second-order valence-corrected chi connectivity index (χ2v) is 7.48. The predicted molar refractivity (Wildman–Crippen MR) is 104 cm³/mol. The fourth-order valence-electron chi connectivity index (χ4n) is 2.77. The van der Waals surface area contributed by atoms with E-state index in [1.54, 1.807) is 11.8 Å². The fourth-order valence-corrected chi connectivity index (χ4v) is 3.67. The Morgan fingerprint density at radius 1 is 1.04 bits per heavy atom. The van der Waals surface area contributed by atoms with E-state index in [4.69, 9.17) is 0 Å². The molecule has 0 aromatic heterocycles. The molecule has 2 rings (SSSR count). The van der Waals surface area contributed by atoms with Gasteiger partial charge in [0.1, 0.15) is 0 Å². The molecular formula is C21H27NOS. The van der Waals surface area contributed by atoms with Crippen LogP contribution in [-0.2, 0) is 10.5 Å². The zero-order valence-electron chi connectivity index (χ0n) is 15.1. The average molecular weight is 342 g/mol. The molecule has 0 aliphatic carbocycles. The number of hydrogen-bond donors (Lipinski definition) is 1. The maximum Gasteiger partial charge on any atom is 0.221 e. The van der Waals surface area contributed by atoms with E-state index in [1.165, 1.54) is 27.8 Å². The van der Waals surface area contributed by atoms with Crippen LogP contribution in [0.25, 0.3) is 0 Å². The second-order valence-electron chi connectivity index (χ2n) is 6.37. The molecule has 0 saturated heterocycles. The van der Waals surface area contributed by atoms with Gasteiger partial charge in [0.25, 0.3) is 0 Å². The molecule has 0 aliphatic heterocycles. The van der Waals surface area contributed by atoms with Crippen molar-refractivity contribution in [1.29, 1.82) is 0 Å². The lowest BCUT2D eigenvalue weighted by Gasteiger charge is -2.18. The number of thioether (sulfide) groups is 1. The molecule has 1 unspecified atom stereocenters. The molecule has 0 bridgehead atoms. The van der Waals surface area contributed by atoms with Gasteiger partial charge < -0.3 is 5.32 Å². The maximum atomic E-state index is 12.2. The number of carbonyl (C=O) groups excluding carboxylic acids is 1. The second kappa shape index (κ2) is 8.93. The molecule has 0 aliphatic rings. The monoisotopic (exact) mass is 341 g/mol. The first-order chi connectivity index (χ1) is 11.5. The van der Waals surface area contributed by atoms with Crippen molar-refractivity contribution in [3.8, 4) is 0 Å². The van der Waals surface area contributed by atoms with E-state index in [2.05, 4.69) is 69.4 Å². The fraction of sp³-hybridized carbons (Fsp3) is 0.381. The van der Waals surface area contributed by atoms with E-state index >= 15 is 0 Å². The van der Waals surface area contributed by atoms with Crippen molar-refractivity contribution in [2.75, 3.05) is 5.75 Å². The number of aryl methyl sites for hydroxylation is 3. The molecule has 128 valence electrons. The van der Waals surface area contributed by atoms with E-state index in [9.17, 15) is 4.79 Å². The summed E-state index contributed by atoms with van der Waals surface area (Å²) >= 11 is 1.80. The molecule has 0 radical (unpaired) electrons. The highest BCUT2D eigenvalue weighted by molar-refractivity contribution is 7.98. The molecule has 3 heteroatoms. The molecular weight excluding hydrogens is 314 g/mol. The van der Waals surface area contributed by atoms with Crippen LogP contribution in [0.3, 0.4) is 0 Å². The summed E-state index contributed by atoms with van der Waals surface area (Å²) < 4.78 is 0. The number of rotatable bonds is 7. The van der Waals surface area contributed by atoms with Crippen molar-refractivity contribution in [3.05, 3.63) is 70.3 Å². The molecule has 0 spiro atoms. The van der Waals surface area contributed by atoms with Gasteiger partial charge in [-0.1, -0.05) is 42.5 Å². The molecule has 0 fully saturated rings. The Morgan fingerprint density at radius 2 is 1.71 bits per heavy atom. The summed E-state index contributed by atoms with van der Waals surface area (Å²) in [6.07, 6.45) is 0.561. The van der Waals surface area contributed by atoms with Gasteiger partial charge in [0.15, 0.2) is 0 Å². The van der Waals surface area contributed by atoms with Crippen molar-refractivity contribution < 1.29 is 4.79 Å². The first-order valence-corrected chi connectivity index (χ1v) is 9.61. The molecule has 2 aromatic rings. The summed E-state index contributed by atoms with van der Waals surface area (Å²) in [5.74, 6) is 1.93. The summed E-state index contributed by atoms with van der Waals surface area (Å²) in [5.41, 5.74) is 6.33. The summed E-state index contributed by atoms with van der Waals surface area (Å²) in [4.78, 5) is 12.2. The lowest BCUT2D eigenvalue weighted by molar-refractivity contribution is -0.121. The molecule has 1 N–H and O–H groups in total. The summed E-state index contributed by atoms with van der Waals surface area (Å²) in [5, 5.41) is 3.13. The van der Waals surface area contributed by atoms with Crippen LogP contribution >= 0.6 is 11.8 Å². The summed E-state index contributed by atoms with van der Waals surface area (Å²) in [6.45, 7) is 8.42. The maximum absolute atomic E-state index is 12.2. The van der Waals surface area contributed by atoms with Crippen LogP contribution in [0.4, 0.5) is 0 Å². The van der Waals surface area contributed by atoms with Gasteiger partial charge in [0, 0.05) is 17.9 Å². The number of hydrogen-bond acceptors (Lipinski definition) is 2. The zero-order valence-corrected chi connectivity index (χ0v) is 15.9. The van der Waals surface area contributed by atoms with E-state index in [1.807, 2.05) is 6.07 Å². The third-order valence-electron chi connectivity index (χ3n) is 4.31. The molecule has 24 heavy (non-hydrogen) atoms. The number of amides is 1. The standard InChI is InChI=1S/C21H27NOS/c1-15-12-17(3)20(13-16(15)2)18(4)22-21(23)10-11-24-14-19-8-6-5-7-9-19/h5-9,12-13,18H,10-11,14H2,1-4H3,(H,22,23). The highest BCUT2D eigenvalue weighted by Crippen LogP contribution is 2.22. The average Bonchev–Trinajstić information content (AvgIpc) is 2.56. The smallest absolute Gasteiger partial charge is 0.221 e. The third-order valence-corrected chi connectivity index (χ3v) is 5.34. The van der Waals surface area contributed by atoms with Crippen LogP contribution in [0.15, 0.2) is 42.5 Å². The predicted octanol–water partition coefficient (Wildman–Crippen LogP) is 5.11. The van der Waals surface area contributed by atoms with Gasteiger partial charge in [-0.25, -0.2) is 0 Å². The van der Waals surface area contributed by atoms with Gasteiger partial charge in [-0.15, -0.1) is 0 Å². The van der Waals surface area contributed by atoms with Gasteiger partial charge in [-0.2, -0.15) is 11.8 Å². The van der Waals surface area contributed by atoms with Crippen molar-refractivity contribution in [3.63, 3.8) is 0 Å².